The first-order chi connectivity index (χ1) is 15.3. The molecule has 1 heterocycles. The first-order valence-electron chi connectivity index (χ1n) is 11.7. The van der Waals surface area contributed by atoms with Crippen LogP contribution in [0.1, 0.15) is 84.4 Å². The fraction of sp³-hybridized carbons (Fsp3) is 0.640. The zero-order valence-corrected chi connectivity index (χ0v) is 20.8. The number of unbranched alkanes of at least 4 members (excludes halogenated alkanes) is 2. The molecule has 1 aromatic carbocycles. The van der Waals surface area contributed by atoms with Crippen LogP contribution in [0.2, 0.25) is 0 Å². The van der Waals surface area contributed by atoms with Gasteiger partial charge in [0, 0.05) is 26.1 Å². The third-order valence-corrected chi connectivity index (χ3v) is 4.93. The molecule has 0 fully saturated rings. The Kier molecular flexibility index (Phi) is 9.14. The number of alkyl carbamates (subject to hydrolysis) is 1. The first kappa shape index (κ1) is 26.5. The summed E-state index contributed by atoms with van der Waals surface area (Å²) in [6.07, 6.45) is 1.88. The number of ether oxygens (including phenoxy) is 2. The minimum atomic E-state index is -0.578. The van der Waals surface area contributed by atoms with E-state index in [9.17, 15) is 14.4 Å². The molecule has 3 amide bonds. The van der Waals surface area contributed by atoms with Gasteiger partial charge in [-0.15, -0.1) is 0 Å². The number of carbonyl (C=O) groups is 3. The van der Waals surface area contributed by atoms with Crippen LogP contribution in [0, 0.1) is 0 Å². The van der Waals surface area contributed by atoms with Crippen molar-refractivity contribution in [1.29, 1.82) is 0 Å². The minimum Gasteiger partial charge on any atom is -0.444 e. The van der Waals surface area contributed by atoms with Crippen LogP contribution >= 0.6 is 0 Å². The number of rotatable bonds is 7. The topological polar surface area (TPSA) is 97.0 Å². The van der Waals surface area contributed by atoms with Crippen LogP contribution in [0.5, 0.6) is 0 Å². The fourth-order valence-electron chi connectivity index (χ4n) is 3.55. The molecule has 8 heteroatoms. The molecule has 0 aromatic heterocycles. The van der Waals surface area contributed by atoms with E-state index in [4.69, 9.17) is 9.47 Å². The van der Waals surface area contributed by atoms with E-state index in [1.165, 1.54) is 0 Å². The van der Waals surface area contributed by atoms with Gasteiger partial charge in [0.25, 0.3) is 0 Å². The molecule has 0 saturated heterocycles. The summed E-state index contributed by atoms with van der Waals surface area (Å²) in [5.74, 6) is -0.0547. The van der Waals surface area contributed by atoms with E-state index in [0.717, 1.165) is 24.0 Å². The van der Waals surface area contributed by atoms with Gasteiger partial charge in [-0.3, -0.25) is 4.79 Å². The fourth-order valence-corrected chi connectivity index (χ4v) is 3.55. The molecule has 2 rings (SSSR count). The Labute approximate surface area is 197 Å². The van der Waals surface area contributed by atoms with Crippen molar-refractivity contribution in [3.63, 3.8) is 0 Å². The van der Waals surface area contributed by atoms with E-state index in [0.29, 0.717) is 32.5 Å². The van der Waals surface area contributed by atoms with Crippen molar-refractivity contribution in [1.82, 2.24) is 15.5 Å². The van der Waals surface area contributed by atoms with Gasteiger partial charge >= 0.3 is 12.2 Å². The largest absolute Gasteiger partial charge is 0.444 e. The maximum atomic E-state index is 12.6. The molecule has 1 aliphatic rings. The summed E-state index contributed by atoms with van der Waals surface area (Å²) < 4.78 is 10.7. The third kappa shape index (κ3) is 9.72. The molecule has 1 aliphatic heterocycles. The predicted molar refractivity (Wildman–Crippen MR) is 127 cm³/mol. The maximum Gasteiger partial charge on any atom is 0.410 e. The highest BCUT2D eigenvalue weighted by atomic mass is 16.6. The third-order valence-electron chi connectivity index (χ3n) is 4.93. The molecule has 0 aliphatic carbocycles. The van der Waals surface area contributed by atoms with Crippen LogP contribution in [-0.4, -0.2) is 47.3 Å². The summed E-state index contributed by atoms with van der Waals surface area (Å²) in [6, 6.07) is 7.57. The second-order valence-electron chi connectivity index (χ2n) is 10.4. The minimum absolute atomic E-state index is 0.0547. The lowest BCUT2D eigenvalue weighted by molar-refractivity contribution is -0.122. The Morgan fingerprint density at radius 1 is 0.970 bits per heavy atom. The molecule has 184 valence electrons. The van der Waals surface area contributed by atoms with Crippen molar-refractivity contribution in [2.45, 2.75) is 91.0 Å². The maximum absolute atomic E-state index is 12.6. The van der Waals surface area contributed by atoms with Gasteiger partial charge in [-0.2, -0.15) is 0 Å². The van der Waals surface area contributed by atoms with E-state index >= 15 is 0 Å². The lowest BCUT2D eigenvalue weighted by atomic mass is 9.95. The predicted octanol–water partition coefficient (Wildman–Crippen LogP) is 4.68. The number of benzene rings is 1. The number of fused-ring (bicyclic) bond motifs is 1. The van der Waals surface area contributed by atoms with Crippen molar-refractivity contribution >= 4 is 18.1 Å². The Morgan fingerprint density at radius 2 is 1.64 bits per heavy atom. The molecule has 33 heavy (non-hydrogen) atoms. The molecule has 1 atom stereocenters. The smallest absolute Gasteiger partial charge is 0.410 e. The number of hydrogen-bond acceptors (Lipinski definition) is 5. The monoisotopic (exact) mass is 461 g/mol. The van der Waals surface area contributed by atoms with Gasteiger partial charge in [0.05, 0.1) is 6.04 Å². The van der Waals surface area contributed by atoms with Gasteiger partial charge < -0.3 is 25.0 Å². The molecule has 1 aromatic rings. The van der Waals surface area contributed by atoms with Crippen LogP contribution < -0.4 is 10.6 Å². The lowest BCUT2D eigenvalue weighted by Crippen LogP contribution is -2.46. The van der Waals surface area contributed by atoms with Gasteiger partial charge in [-0.05, 0) is 65.5 Å². The Bertz CT molecular complexity index is 826. The highest BCUT2D eigenvalue weighted by molar-refractivity contribution is 5.77. The normalized spacial score (nSPS) is 15.9. The quantitative estimate of drug-likeness (QED) is 0.575. The summed E-state index contributed by atoms with van der Waals surface area (Å²) in [6.45, 7) is 12.3. The van der Waals surface area contributed by atoms with Crippen molar-refractivity contribution in [3.8, 4) is 0 Å². The number of amides is 3. The van der Waals surface area contributed by atoms with Gasteiger partial charge in [0.1, 0.15) is 11.2 Å². The van der Waals surface area contributed by atoms with Crippen molar-refractivity contribution < 1.29 is 23.9 Å². The van der Waals surface area contributed by atoms with E-state index in [1.54, 1.807) is 4.90 Å². The Hall–Kier alpha value is -2.77. The summed E-state index contributed by atoms with van der Waals surface area (Å²) in [4.78, 5) is 38.5. The van der Waals surface area contributed by atoms with Crippen LogP contribution in [0.25, 0.3) is 0 Å². The van der Waals surface area contributed by atoms with Gasteiger partial charge in [0.15, 0.2) is 0 Å². The van der Waals surface area contributed by atoms with E-state index in [1.807, 2.05) is 65.8 Å². The molecule has 0 bridgehead atoms. The van der Waals surface area contributed by atoms with Gasteiger partial charge in [-0.1, -0.05) is 30.7 Å². The van der Waals surface area contributed by atoms with E-state index in [2.05, 4.69) is 10.6 Å². The summed E-state index contributed by atoms with van der Waals surface area (Å²) in [7, 11) is 0. The summed E-state index contributed by atoms with van der Waals surface area (Å²) in [5.41, 5.74) is 0.949. The zero-order valence-electron chi connectivity index (χ0n) is 20.8. The van der Waals surface area contributed by atoms with Crippen LogP contribution in [0.3, 0.4) is 0 Å². The molecule has 0 spiro atoms. The molecule has 1 unspecified atom stereocenters. The van der Waals surface area contributed by atoms with Crippen molar-refractivity contribution in [3.05, 3.63) is 35.4 Å². The second kappa shape index (κ2) is 11.4. The highest BCUT2D eigenvalue weighted by Gasteiger charge is 2.31. The van der Waals surface area contributed by atoms with Crippen LogP contribution in [0.15, 0.2) is 24.3 Å². The van der Waals surface area contributed by atoms with Gasteiger partial charge in [0.2, 0.25) is 5.91 Å². The Balaban J connectivity index is 1.80. The number of carbonyl (C=O) groups excluding carboxylic acids is 3. The number of nitrogens with one attached hydrogen (secondary N) is 2. The molecule has 8 nitrogen and oxygen atoms in total. The summed E-state index contributed by atoms with van der Waals surface area (Å²) >= 11 is 0. The standard InChI is InChI=1S/C25H39N3O5/c1-24(2,3)32-22(30)26-15-11-7-8-14-21(29)27-20-17-28(23(31)33-25(4,5)6)16-18-12-9-10-13-19(18)20/h9-10,12-13,20H,7-8,11,14-17H2,1-6H3,(H,26,30)(H,27,29). The molecule has 0 saturated carbocycles. The number of hydrogen-bond donors (Lipinski definition) is 2. The zero-order chi connectivity index (χ0) is 24.6. The lowest BCUT2D eigenvalue weighted by Gasteiger charge is -2.36. The average Bonchev–Trinajstić information content (AvgIpc) is 2.68. The van der Waals surface area contributed by atoms with Crippen LogP contribution in [-0.2, 0) is 20.8 Å². The molecular formula is C25H39N3O5. The van der Waals surface area contributed by atoms with E-state index < -0.39 is 17.3 Å². The van der Waals surface area contributed by atoms with Crippen molar-refractivity contribution in [2.24, 2.45) is 0 Å². The molecular weight excluding hydrogens is 422 g/mol. The average molecular weight is 462 g/mol. The van der Waals surface area contributed by atoms with Gasteiger partial charge in [-0.25, -0.2) is 9.59 Å². The number of nitrogens with zero attached hydrogens (tertiary/aromatic N) is 1. The molecule has 2 N–H and O–H groups in total. The van der Waals surface area contributed by atoms with Crippen LogP contribution in [0.4, 0.5) is 9.59 Å². The first-order valence-corrected chi connectivity index (χ1v) is 11.7. The Morgan fingerprint density at radius 3 is 2.30 bits per heavy atom. The SMILES string of the molecule is CC(C)(C)OC(=O)NCCCCCC(=O)NC1CN(C(=O)OC(C)(C)C)Cc2ccccc21. The second-order valence-corrected chi connectivity index (χ2v) is 10.4. The van der Waals surface area contributed by atoms with Crippen molar-refractivity contribution in [2.75, 3.05) is 13.1 Å². The highest BCUT2D eigenvalue weighted by Crippen LogP contribution is 2.28. The van der Waals surface area contributed by atoms with E-state index in [-0.39, 0.29) is 18.0 Å². The summed E-state index contributed by atoms with van der Waals surface area (Å²) in [5, 5.41) is 5.80. The molecule has 0 radical (unpaired) electrons.